The van der Waals surface area contributed by atoms with Crippen molar-refractivity contribution >= 4 is 0 Å². The summed E-state index contributed by atoms with van der Waals surface area (Å²) in [4.78, 5) is 0. The molecule has 2 aliphatic rings. The van der Waals surface area contributed by atoms with Gasteiger partial charge in [-0.2, -0.15) is 0 Å². The van der Waals surface area contributed by atoms with E-state index < -0.39 is 0 Å². The lowest BCUT2D eigenvalue weighted by molar-refractivity contribution is 0.313. The van der Waals surface area contributed by atoms with Gasteiger partial charge in [0.1, 0.15) is 11.5 Å². The van der Waals surface area contributed by atoms with Crippen molar-refractivity contribution in [3.05, 3.63) is 71.3 Å². The molecule has 0 aliphatic heterocycles. The first-order valence-electron chi connectivity index (χ1n) is 8.91. The van der Waals surface area contributed by atoms with Gasteiger partial charge in [0.2, 0.25) is 0 Å². The van der Waals surface area contributed by atoms with Gasteiger partial charge in [0.25, 0.3) is 0 Å². The maximum Gasteiger partial charge on any atom is 0.115 e. The van der Waals surface area contributed by atoms with Crippen LogP contribution in [0.2, 0.25) is 0 Å². The van der Waals surface area contributed by atoms with E-state index in [0.717, 1.165) is 22.3 Å². The first-order chi connectivity index (χ1) is 11.3. The highest BCUT2D eigenvalue weighted by Gasteiger charge is 2.31. The molecule has 25 heavy (non-hydrogen) atoms. The Morgan fingerprint density at radius 1 is 0.760 bits per heavy atom. The Labute approximate surface area is 152 Å². The minimum absolute atomic E-state index is 0.00740. The molecule has 0 aromatic heterocycles. The van der Waals surface area contributed by atoms with E-state index in [1.165, 1.54) is 0 Å². The van der Waals surface area contributed by atoms with E-state index in [9.17, 15) is 10.2 Å². The van der Waals surface area contributed by atoms with E-state index in [2.05, 4.69) is 54.7 Å². The molecule has 2 rings (SSSR count). The highest BCUT2D eigenvalue weighted by atomic mass is 16.3. The molecule has 0 amide bonds. The Morgan fingerprint density at radius 2 is 1.08 bits per heavy atom. The monoisotopic (exact) mass is 340 g/mol. The van der Waals surface area contributed by atoms with Crippen molar-refractivity contribution in [1.29, 1.82) is 0 Å². The number of hydrogen-bond donors (Lipinski definition) is 2. The lowest BCUT2D eigenvalue weighted by Crippen LogP contribution is -2.23. The van der Waals surface area contributed by atoms with Crippen molar-refractivity contribution in [1.82, 2.24) is 0 Å². The molecule has 0 saturated carbocycles. The maximum absolute atomic E-state index is 10.5. The first kappa shape index (κ1) is 19.4. The van der Waals surface area contributed by atoms with Crippen LogP contribution in [0.15, 0.2) is 71.3 Å². The Bertz CT molecular complexity index is 650. The van der Waals surface area contributed by atoms with Gasteiger partial charge in [-0.25, -0.2) is 0 Å². The molecule has 0 aromatic rings. The van der Waals surface area contributed by atoms with E-state index in [4.69, 9.17) is 0 Å². The van der Waals surface area contributed by atoms with Crippen molar-refractivity contribution in [3.8, 4) is 0 Å². The largest absolute Gasteiger partial charge is 0.508 e. The number of rotatable bonds is 2. The fourth-order valence-corrected chi connectivity index (χ4v) is 3.62. The molecule has 2 nitrogen and oxygen atoms in total. The van der Waals surface area contributed by atoms with Gasteiger partial charge in [-0.05, 0) is 45.3 Å². The van der Waals surface area contributed by atoms with Gasteiger partial charge in [0.05, 0.1) is 0 Å². The molecule has 0 spiro atoms. The van der Waals surface area contributed by atoms with Gasteiger partial charge >= 0.3 is 0 Å². The van der Waals surface area contributed by atoms with Crippen LogP contribution in [-0.2, 0) is 0 Å². The summed E-state index contributed by atoms with van der Waals surface area (Å²) in [6, 6.07) is 0. The minimum Gasteiger partial charge on any atom is -0.508 e. The summed E-state index contributed by atoms with van der Waals surface area (Å²) in [5, 5.41) is 21.0. The summed E-state index contributed by atoms with van der Waals surface area (Å²) in [7, 11) is 0. The fraction of sp³-hybridized carbons (Fsp3) is 0.478. The molecule has 2 atom stereocenters. The molecule has 0 saturated heterocycles. The second kappa shape index (κ2) is 6.40. The molecule has 2 unspecified atom stereocenters. The molecule has 2 N–H and O–H groups in total. The minimum atomic E-state index is 0.00740. The predicted octanol–water partition coefficient (Wildman–Crippen LogP) is 6.58. The average Bonchev–Trinajstić information content (AvgIpc) is 2.43. The summed E-state index contributed by atoms with van der Waals surface area (Å²) >= 11 is 0. The van der Waals surface area contributed by atoms with Gasteiger partial charge in [0.15, 0.2) is 0 Å². The Hall–Kier alpha value is -1.96. The molecule has 0 bridgehead atoms. The highest BCUT2D eigenvalue weighted by molar-refractivity contribution is 5.49. The van der Waals surface area contributed by atoms with E-state index in [0.29, 0.717) is 6.42 Å². The number of aliphatic hydroxyl groups is 2. The zero-order valence-corrected chi connectivity index (χ0v) is 16.5. The first-order valence-corrected chi connectivity index (χ1v) is 8.91. The predicted molar refractivity (Wildman–Crippen MR) is 106 cm³/mol. The summed E-state index contributed by atoms with van der Waals surface area (Å²) in [5.41, 5.74) is 3.58. The van der Waals surface area contributed by atoms with Crippen LogP contribution in [0.1, 0.15) is 48.0 Å². The van der Waals surface area contributed by atoms with Crippen LogP contribution in [0.3, 0.4) is 0 Å². The lowest BCUT2D eigenvalue weighted by Gasteiger charge is -2.33. The van der Waals surface area contributed by atoms with Gasteiger partial charge in [-0.15, -0.1) is 0 Å². The van der Waals surface area contributed by atoms with E-state index in [1.54, 1.807) is 0 Å². The van der Waals surface area contributed by atoms with Crippen molar-refractivity contribution in [2.75, 3.05) is 0 Å². The van der Waals surface area contributed by atoms with Crippen LogP contribution in [0.25, 0.3) is 0 Å². The number of aliphatic hydroxyl groups excluding tert-OH is 2. The quantitative estimate of drug-likeness (QED) is 0.596. The van der Waals surface area contributed by atoms with Crippen LogP contribution in [-0.4, -0.2) is 10.2 Å². The molecule has 0 aromatic carbocycles. The van der Waals surface area contributed by atoms with E-state index in [-0.39, 0.29) is 34.2 Å². The molecule has 2 aliphatic carbocycles. The number of hydrogen-bond acceptors (Lipinski definition) is 2. The summed E-state index contributed by atoms with van der Waals surface area (Å²) < 4.78 is 0. The SMILES string of the molecule is C=C1C=C(CC2=CC(=C)C(C(C)(C)C)C=C2O)C(O)=CC1C(C)(C)C. The van der Waals surface area contributed by atoms with Gasteiger partial charge in [-0.1, -0.05) is 66.9 Å². The van der Waals surface area contributed by atoms with Gasteiger partial charge in [0, 0.05) is 18.3 Å². The average molecular weight is 341 g/mol. The van der Waals surface area contributed by atoms with Gasteiger partial charge in [-0.3, -0.25) is 0 Å². The third-order valence-corrected chi connectivity index (χ3v) is 5.07. The molecule has 0 heterocycles. The van der Waals surface area contributed by atoms with E-state index in [1.807, 2.05) is 24.3 Å². The summed E-state index contributed by atoms with van der Waals surface area (Å²) in [6.07, 6.45) is 8.15. The maximum atomic E-state index is 10.5. The molecule has 0 radical (unpaired) electrons. The standard InChI is InChI=1S/C23H32O2/c1-14-9-16(20(24)12-18(14)22(3,4)5)11-17-10-15(2)19(13-21(17)25)23(6,7)8/h9-10,12-13,18-19,24-25H,1-2,11H2,3-8H3. The Balaban J connectivity index is 2.24. The van der Waals surface area contributed by atoms with Crippen LogP contribution >= 0.6 is 0 Å². The Kier molecular flexibility index (Phi) is 4.96. The second-order valence-electron chi connectivity index (χ2n) is 9.46. The van der Waals surface area contributed by atoms with Crippen molar-refractivity contribution in [2.24, 2.45) is 22.7 Å². The normalized spacial score (nSPS) is 25.2. The van der Waals surface area contributed by atoms with Crippen LogP contribution in [0, 0.1) is 22.7 Å². The van der Waals surface area contributed by atoms with Crippen molar-refractivity contribution in [2.45, 2.75) is 48.0 Å². The highest BCUT2D eigenvalue weighted by Crippen LogP contribution is 2.42. The second-order valence-corrected chi connectivity index (χ2v) is 9.46. The van der Waals surface area contributed by atoms with Crippen LogP contribution < -0.4 is 0 Å². The zero-order valence-electron chi connectivity index (χ0n) is 16.5. The molecule has 2 heteroatoms. The van der Waals surface area contributed by atoms with Crippen LogP contribution in [0.4, 0.5) is 0 Å². The molecule has 136 valence electrons. The Morgan fingerprint density at radius 3 is 1.36 bits per heavy atom. The zero-order chi connectivity index (χ0) is 19.2. The third-order valence-electron chi connectivity index (χ3n) is 5.07. The van der Waals surface area contributed by atoms with Crippen molar-refractivity contribution in [3.63, 3.8) is 0 Å². The molecular formula is C23H32O2. The van der Waals surface area contributed by atoms with Gasteiger partial charge < -0.3 is 10.2 Å². The van der Waals surface area contributed by atoms with Crippen LogP contribution in [0.5, 0.6) is 0 Å². The lowest BCUT2D eigenvalue weighted by atomic mass is 9.72. The third kappa shape index (κ3) is 4.18. The fourth-order valence-electron chi connectivity index (χ4n) is 3.62. The van der Waals surface area contributed by atoms with Crippen molar-refractivity contribution < 1.29 is 10.2 Å². The smallest absolute Gasteiger partial charge is 0.115 e. The number of allylic oxidation sites excluding steroid dienone is 8. The van der Waals surface area contributed by atoms with E-state index >= 15 is 0 Å². The summed E-state index contributed by atoms with van der Waals surface area (Å²) in [5.74, 6) is 0.788. The topological polar surface area (TPSA) is 40.5 Å². The molecule has 0 fully saturated rings. The summed E-state index contributed by atoms with van der Waals surface area (Å²) in [6.45, 7) is 21.2. The molecular weight excluding hydrogens is 308 g/mol.